The zero-order chi connectivity index (χ0) is 11.8. The predicted molar refractivity (Wildman–Crippen MR) is 58.1 cm³/mol. The van der Waals surface area contributed by atoms with Gasteiger partial charge >= 0.3 is 6.36 Å². The number of halogens is 3. The van der Waals surface area contributed by atoms with Crippen molar-refractivity contribution in [2.24, 2.45) is 0 Å². The van der Waals surface area contributed by atoms with Gasteiger partial charge in [0.1, 0.15) is 5.75 Å². The van der Waals surface area contributed by atoms with E-state index in [4.69, 9.17) is 0 Å². The topological polar surface area (TPSA) is 22.1 Å². The lowest BCUT2D eigenvalue weighted by Crippen LogP contribution is -2.16. The van der Waals surface area contributed by atoms with Crippen molar-refractivity contribution in [3.63, 3.8) is 0 Å². The summed E-state index contributed by atoms with van der Waals surface area (Å²) >= 11 is 2.90. The zero-order valence-corrected chi connectivity index (χ0v) is 9.67. The van der Waals surface area contributed by atoms with Crippen molar-refractivity contribution in [2.75, 3.05) is 6.26 Å². The molecular formula is C9H6F3NOS2. The van der Waals surface area contributed by atoms with Gasteiger partial charge in [-0.25, -0.2) is 4.98 Å². The number of nitrogens with zero attached hydrogens (tertiary/aromatic N) is 1. The Morgan fingerprint density at radius 2 is 2.12 bits per heavy atom. The monoisotopic (exact) mass is 265 g/mol. The van der Waals surface area contributed by atoms with Crippen molar-refractivity contribution in [2.45, 2.75) is 10.7 Å². The highest BCUT2D eigenvalue weighted by atomic mass is 32.2. The molecule has 0 saturated carbocycles. The number of fused-ring (bicyclic) bond motifs is 1. The fourth-order valence-corrected chi connectivity index (χ4v) is 2.64. The van der Waals surface area contributed by atoms with Crippen LogP contribution in [0.15, 0.2) is 22.5 Å². The number of rotatable bonds is 2. The van der Waals surface area contributed by atoms with Crippen LogP contribution in [0.1, 0.15) is 0 Å². The molecule has 16 heavy (non-hydrogen) atoms. The molecule has 0 spiro atoms. The van der Waals surface area contributed by atoms with E-state index in [9.17, 15) is 13.2 Å². The molecule has 7 heteroatoms. The Morgan fingerprint density at radius 3 is 2.75 bits per heavy atom. The van der Waals surface area contributed by atoms with Crippen molar-refractivity contribution in [1.82, 2.24) is 4.98 Å². The van der Waals surface area contributed by atoms with Gasteiger partial charge in [-0.15, -0.1) is 24.5 Å². The van der Waals surface area contributed by atoms with Crippen molar-refractivity contribution in [3.05, 3.63) is 18.2 Å². The first-order valence-electron chi connectivity index (χ1n) is 4.18. The second-order valence-electron chi connectivity index (χ2n) is 2.86. The maximum Gasteiger partial charge on any atom is 0.573 e. The summed E-state index contributed by atoms with van der Waals surface area (Å²) in [7, 11) is 0. The second kappa shape index (κ2) is 4.14. The number of aromatic nitrogens is 1. The summed E-state index contributed by atoms with van der Waals surface area (Å²) in [4.78, 5) is 4.16. The molecule has 2 rings (SSSR count). The van der Waals surface area contributed by atoms with Crippen LogP contribution in [0.25, 0.3) is 10.2 Å². The fraction of sp³-hybridized carbons (Fsp3) is 0.222. The van der Waals surface area contributed by atoms with Crippen LogP contribution in [-0.4, -0.2) is 17.6 Å². The van der Waals surface area contributed by atoms with E-state index in [0.717, 1.165) is 9.04 Å². The highest BCUT2D eigenvalue weighted by Crippen LogP contribution is 2.32. The molecule has 0 amide bonds. The van der Waals surface area contributed by atoms with Gasteiger partial charge in [-0.05, 0) is 18.4 Å². The number of ether oxygens (including phenoxy) is 1. The summed E-state index contributed by atoms with van der Waals surface area (Å²) < 4.78 is 41.4. The van der Waals surface area contributed by atoms with Gasteiger partial charge in [-0.1, -0.05) is 11.8 Å². The van der Waals surface area contributed by atoms with Gasteiger partial charge in [0.15, 0.2) is 4.34 Å². The van der Waals surface area contributed by atoms with Gasteiger partial charge in [-0.2, -0.15) is 0 Å². The third-order valence-corrected chi connectivity index (χ3v) is 3.77. The predicted octanol–water partition coefficient (Wildman–Crippen LogP) is 3.92. The summed E-state index contributed by atoms with van der Waals surface area (Å²) in [6, 6.07) is 4.16. The van der Waals surface area contributed by atoms with Gasteiger partial charge < -0.3 is 4.74 Å². The largest absolute Gasteiger partial charge is 0.573 e. The maximum absolute atomic E-state index is 12.0. The lowest BCUT2D eigenvalue weighted by Gasteiger charge is -2.07. The highest BCUT2D eigenvalue weighted by molar-refractivity contribution is 8.00. The van der Waals surface area contributed by atoms with Crippen LogP contribution < -0.4 is 4.74 Å². The van der Waals surface area contributed by atoms with Crippen molar-refractivity contribution in [1.29, 1.82) is 0 Å². The molecule has 0 fully saturated rings. The Bertz CT molecular complexity index is 509. The van der Waals surface area contributed by atoms with E-state index >= 15 is 0 Å². The smallest absolute Gasteiger partial charge is 0.406 e. The molecule has 0 atom stereocenters. The van der Waals surface area contributed by atoms with E-state index in [1.54, 1.807) is 6.07 Å². The van der Waals surface area contributed by atoms with E-state index in [1.165, 1.54) is 35.2 Å². The Morgan fingerprint density at radius 1 is 1.38 bits per heavy atom. The fourth-order valence-electron chi connectivity index (χ4n) is 1.17. The second-order valence-corrected chi connectivity index (χ2v) is 4.95. The van der Waals surface area contributed by atoms with Crippen molar-refractivity contribution >= 4 is 33.3 Å². The summed E-state index contributed by atoms with van der Waals surface area (Å²) in [5.74, 6) is -0.238. The number of hydrogen-bond acceptors (Lipinski definition) is 4. The normalized spacial score (nSPS) is 12.0. The molecule has 0 aliphatic heterocycles. The SMILES string of the molecule is CSc1nc2cc(OC(F)(F)F)ccc2s1. The number of thiazole rings is 1. The van der Waals surface area contributed by atoms with E-state index in [2.05, 4.69) is 9.72 Å². The maximum atomic E-state index is 12.0. The molecule has 0 saturated heterocycles. The van der Waals surface area contributed by atoms with E-state index in [-0.39, 0.29) is 5.75 Å². The Labute approximate surface area is 97.4 Å². The van der Waals surface area contributed by atoms with Crippen LogP contribution >= 0.6 is 23.1 Å². The lowest BCUT2D eigenvalue weighted by atomic mass is 10.3. The Hall–Kier alpha value is -0.950. The molecule has 2 aromatic rings. The van der Waals surface area contributed by atoms with Crippen LogP contribution in [0, 0.1) is 0 Å². The van der Waals surface area contributed by atoms with Crippen molar-refractivity contribution < 1.29 is 17.9 Å². The molecule has 2 nitrogen and oxygen atoms in total. The van der Waals surface area contributed by atoms with Gasteiger partial charge in [0.2, 0.25) is 0 Å². The van der Waals surface area contributed by atoms with Gasteiger partial charge in [-0.3, -0.25) is 0 Å². The molecular weight excluding hydrogens is 259 g/mol. The van der Waals surface area contributed by atoms with Crippen LogP contribution in [0.3, 0.4) is 0 Å². The van der Waals surface area contributed by atoms with Crippen LogP contribution in [0.2, 0.25) is 0 Å². The molecule has 86 valence electrons. The van der Waals surface area contributed by atoms with Gasteiger partial charge in [0, 0.05) is 6.07 Å². The summed E-state index contributed by atoms with van der Waals surface area (Å²) in [6.07, 6.45) is -2.79. The molecule has 0 N–H and O–H groups in total. The summed E-state index contributed by atoms with van der Waals surface area (Å²) in [6.45, 7) is 0. The molecule has 0 aliphatic rings. The number of benzene rings is 1. The first-order chi connectivity index (χ1) is 7.48. The minimum Gasteiger partial charge on any atom is -0.406 e. The average Bonchev–Trinajstić information content (AvgIpc) is 2.57. The van der Waals surface area contributed by atoms with Crippen LogP contribution in [0.4, 0.5) is 13.2 Å². The Balaban J connectivity index is 2.36. The van der Waals surface area contributed by atoms with E-state index in [1.807, 2.05) is 6.26 Å². The minimum atomic E-state index is -4.66. The molecule has 0 unspecified atom stereocenters. The quantitative estimate of drug-likeness (QED) is 0.768. The van der Waals surface area contributed by atoms with Crippen molar-refractivity contribution in [3.8, 4) is 5.75 Å². The zero-order valence-electron chi connectivity index (χ0n) is 8.04. The number of thioether (sulfide) groups is 1. The average molecular weight is 265 g/mol. The van der Waals surface area contributed by atoms with Gasteiger partial charge in [0.05, 0.1) is 10.2 Å². The first kappa shape index (κ1) is 11.5. The minimum absolute atomic E-state index is 0.238. The van der Waals surface area contributed by atoms with Gasteiger partial charge in [0.25, 0.3) is 0 Å². The van der Waals surface area contributed by atoms with E-state index in [0.29, 0.717) is 5.52 Å². The Kier molecular flexibility index (Phi) is 2.98. The molecule has 0 aliphatic carbocycles. The van der Waals surface area contributed by atoms with E-state index < -0.39 is 6.36 Å². The summed E-state index contributed by atoms with van der Waals surface area (Å²) in [5.41, 5.74) is 0.524. The highest BCUT2D eigenvalue weighted by Gasteiger charge is 2.31. The molecule has 0 bridgehead atoms. The first-order valence-corrected chi connectivity index (χ1v) is 6.22. The number of hydrogen-bond donors (Lipinski definition) is 0. The standard InChI is InChI=1S/C9H6F3NOS2/c1-15-8-13-6-4-5(14-9(10,11)12)2-3-7(6)16-8/h2-4H,1H3. The van der Waals surface area contributed by atoms with Crippen LogP contribution in [-0.2, 0) is 0 Å². The molecule has 1 aromatic carbocycles. The third kappa shape index (κ3) is 2.59. The molecule has 0 radical (unpaired) electrons. The molecule has 1 aromatic heterocycles. The molecule has 1 heterocycles. The third-order valence-electron chi connectivity index (χ3n) is 1.75. The lowest BCUT2D eigenvalue weighted by molar-refractivity contribution is -0.274. The summed E-state index contributed by atoms with van der Waals surface area (Å²) in [5, 5.41) is 0. The number of alkyl halides is 3. The van der Waals surface area contributed by atoms with Crippen LogP contribution in [0.5, 0.6) is 5.75 Å².